The summed E-state index contributed by atoms with van der Waals surface area (Å²) in [6, 6.07) is 4.00. The van der Waals surface area contributed by atoms with E-state index in [2.05, 4.69) is 16.1 Å². The summed E-state index contributed by atoms with van der Waals surface area (Å²) in [5.41, 5.74) is 2.02. The van der Waals surface area contributed by atoms with Gasteiger partial charge in [0.25, 0.3) is 18.1 Å². The van der Waals surface area contributed by atoms with Crippen LogP contribution in [0.15, 0.2) is 18.2 Å². The van der Waals surface area contributed by atoms with Gasteiger partial charge in [0.2, 0.25) is 0 Å². The molecule has 4 aliphatic rings. The molecule has 3 N–H and O–H groups in total. The third-order valence-electron chi connectivity index (χ3n) is 5.26. The molecule has 3 saturated carbocycles. The summed E-state index contributed by atoms with van der Waals surface area (Å²) in [6.07, 6.45) is 1.37. The summed E-state index contributed by atoms with van der Waals surface area (Å²) in [6.45, 7) is 1.69. The molecule has 1 aromatic carbocycles. The van der Waals surface area contributed by atoms with E-state index in [1.165, 1.54) is 12.1 Å². The number of carbonyl (C=O) groups excluding carboxylic acids is 2. The fourth-order valence-corrected chi connectivity index (χ4v) is 4.18. The van der Waals surface area contributed by atoms with Crippen LogP contribution in [-0.2, 0) is 19.2 Å². The Labute approximate surface area is 166 Å². The predicted octanol–water partition coefficient (Wildman–Crippen LogP) is 1.38. The highest BCUT2D eigenvalue weighted by molar-refractivity contribution is 6.30. The number of rotatable bonds is 7. The van der Waals surface area contributed by atoms with Crippen molar-refractivity contribution in [1.82, 2.24) is 16.1 Å². The van der Waals surface area contributed by atoms with Crippen molar-refractivity contribution in [2.45, 2.75) is 56.2 Å². The van der Waals surface area contributed by atoms with Crippen LogP contribution in [-0.4, -0.2) is 42.0 Å². The second-order valence-electron chi connectivity index (χ2n) is 7.59. The number of hydroxylamine groups is 1. The van der Waals surface area contributed by atoms with Crippen LogP contribution in [0.25, 0.3) is 0 Å². The largest absolute Gasteiger partial charge is 0.484 e. The van der Waals surface area contributed by atoms with Crippen molar-refractivity contribution in [1.29, 1.82) is 0 Å². The van der Waals surface area contributed by atoms with Crippen molar-refractivity contribution in [2.75, 3.05) is 6.61 Å². The minimum Gasteiger partial charge on any atom is -0.484 e. The standard InChI is InChI=1S/C18H21ClFN3O5/c1-2-14-23-28-16(27-14)15(25)22-18-7-17(8-18,9-18)21-13(24)6-26-10-3-4-11(19)12(20)5-10/h3-5,14,16,23H,2,6-9H2,1H3,(H,21,24)(H,22,25). The van der Waals surface area contributed by atoms with Crippen molar-refractivity contribution in [3.8, 4) is 5.75 Å². The molecular weight excluding hydrogens is 393 g/mol. The third-order valence-corrected chi connectivity index (χ3v) is 5.57. The molecule has 152 valence electrons. The minimum absolute atomic E-state index is 0.00702. The highest BCUT2D eigenvalue weighted by Gasteiger charge is 2.69. The molecule has 1 saturated heterocycles. The highest BCUT2D eigenvalue weighted by atomic mass is 35.5. The van der Waals surface area contributed by atoms with Crippen LogP contribution in [0.1, 0.15) is 32.6 Å². The topological polar surface area (TPSA) is 97.9 Å². The maximum absolute atomic E-state index is 13.4. The van der Waals surface area contributed by atoms with E-state index in [1.54, 1.807) is 0 Å². The molecule has 0 spiro atoms. The Bertz CT molecular complexity index is 788. The fourth-order valence-electron chi connectivity index (χ4n) is 4.06. The first kappa shape index (κ1) is 19.4. The van der Waals surface area contributed by atoms with Crippen molar-refractivity contribution in [3.63, 3.8) is 0 Å². The lowest BCUT2D eigenvalue weighted by Crippen LogP contribution is -2.84. The van der Waals surface area contributed by atoms with Gasteiger partial charge in [-0.3, -0.25) is 14.4 Å². The molecule has 3 aliphatic carbocycles. The molecule has 10 heteroatoms. The zero-order valence-corrected chi connectivity index (χ0v) is 16.0. The van der Waals surface area contributed by atoms with E-state index in [-0.39, 0.29) is 46.5 Å². The molecule has 2 unspecified atom stereocenters. The molecule has 2 atom stereocenters. The van der Waals surface area contributed by atoms with Crippen LogP contribution in [0.2, 0.25) is 5.02 Å². The first-order valence-corrected chi connectivity index (χ1v) is 9.47. The van der Waals surface area contributed by atoms with Gasteiger partial charge in [-0.2, -0.15) is 5.48 Å². The number of hydrogen-bond donors (Lipinski definition) is 3. The number of nitrogens with one attached hydrogen (secondary N) is 3. The number of amides is 2. The van der Waals surface area contributed by atoms with Gasteiger partial charge in [-0.15, -0.1) is 0 Å². The van der Waals surface area contributed by atoms with Crippen LogP contribution < -0.4 is 20.9 Å². The minimum atomic E-state index is -0.960. The van der Waals surface area contributed by atoms with Crippen molar-refractivity contribution >= 4 is 23.4 Å². The molecule has 1 heterocycles. The van der Waals surface area contributed by atoms with E-state index in [4.69, 9.17) is 25.9 Å². The normalized spacial score (nSPS) is 32.8. The maximum Gasteiger partial charge on any atom is 0.279 e. The van der Waals surface area contributed by atoms with E-state index >= 15 is 0 Å². The lowest BCUT2D eigenvalue weighted by Gasteiger charge is -2.70. The Balaban J connectivity index is 1.19. The molecule has 1 aliphatic heterocycles. The van der Waals surface area contributed by atoms with E-state index in [0.29, 0.717) is 25.7 Å². The van der Waals surface area contributed by atoms with Gasteiger partial charge in [0.1, 0.15) is 17.8 Å². The summed E-state index contributed by atoms with van der Waals surface area (Å²) >= 11 is 5.61. The Morgan fingerprint density at radius 3 is 2.68 bits per heavy atom. The zero-order chi connectivity index (χ0) is 19.9. The monoisotopic (exact) mass is 413 g/mol. The van der Waals surface area contributed by atoms with Gasteiger partial charge in [-0.1, -0.05) is 18.5 Å². The van der Waals surface area contributed by atoms with Crippen LogP contribution in [0, 0.1) is 5.82 Å². The summed E-state index contributed by atoms with van der Waals surface area (Å²) in [4.78, 5) is 29.5. The Hall–Kier alpha value is -1.94. The second-order valence-corrected chi connectivity index (χ2v) is 8.00. The van der Waals surface area contributed by atoms with Gasteiger partial charge in [0.15, 0.2) is 6.61 Å². The molecule has 8 nitrogen and oxygen atoms in total. The van der Waals surface area contributed by atoms with E-state index in [9.17, 15) is 14.0 Å². The zero-order valence-electron chi connectivity index (χ0n) is 15.2. The molecule has 4 fully saturated rings. The molecule has 0 radical (unpaired) electrons. The average Bonchev–Trinajstić information content (AvgIpc) is 3.09. The van der Waals surface area contributed by atoms with Gasteiger partial charge in [-0.05, 0) is 37.8 Å². The third kappa shape index (κ3) is 3.67. The fraction of sp³-hybridized carbons (Fsp3) is 0.556. The van der Waals surface area contributed by atoms with Crippen LogP contribution in [0.3, 0.4) is 0 Å². The summed E-state index contributed by atoms with van der Waals surface area (Å²) in [5.74, 6) is -0.995. The molecule has 2 amide bonds. The Morgan fingerprint density at radius 1 is 1.32 bits per heavy atom. The molecule has 5 rings (SSSR count). The summed E-state index contributed by atoms with van der Waals surface area (Å²) in [7, 11) is 0. The molecular formula is C18H21ClFN3O5. The SMILES string of the molecule is CCC1NOC(C(=O)NC23CC(NC(=O)COc4ccc(Cl)c(F)c4)(C2)C3)O1. The number of benzene rings is 1. The first-order chi connectivity index (χ1) is 13.3. The smallest absolute Gasteiger partial charge is 0.279 e. The van der Waals surface area contributed by atoms with Crippen LogP contribution in [0.5, 0.6) is 5.75 Å². The molecule has 28 heavy (non-hydrogen) atoms. The number of carbonyl (C=O) groups is 2. The molecule has 0 aromatic heterocycles. The quantitative estimate of drug-likeness (QED) is 0.624. The lowest BCUT2D eigenvalue weighted by atomic mass is 9.44. The van der Waals surface area contributed by atoms with Crippen molar-refractivity contribution < 1.29 is 28.3 Å². The molecule has 2 bridgehead atoms. The Morgan fingerprint density at radius 2 is 2.04 bits per heavy atom. The van der Waals surface area contributed by atoms with E-state index < -0.39 is 12.1 Å². The van der Waals surface area contributed by atoms with E-state index in [0.717, 1.165) is 6.07 Å². The summed E-state index contributed by atoms with van der Waals surface area (Å²) < 4.78 is 24.1. The van der Waals surface area contributed by atoms with Gasteiger partial charge < -0.3 is 20.1 Å². The maximum atomic E-state index is 13.4. The van der Waals surface area contributed by atoms with Crippen molar-refractivity contribution in [3.05, 3.63) is 29.0 Å². The van der Waals surface area contributed by atoms with Gasteiger partial charge in [-0.25, -0.2) is 4.39 Å². The summed E-state index contributed by atoms with van der Waals surface area (Å²) in [5, 5.41) is 5.87. The lowest BCUT2D eigenvalue weighted by molar-refractivity contribution is -0.169. The van der Waals surface area contributed by atoms with Gasteiger partial charge in [0, 0.05) is 17.1 Å². The van der Waals surface area contributed by atoms with E-state index in [1.807, 2.05) is 6.92 Å². The van der Waals surface area contributed by atoms with Crippen LogP contribution >= 0.6 is 11.6 Å². The number of hydrogen-bond acceptors (Lipinski definition) is 6. The first-order valence-electron chi connectivity index (χ1n) is 9.10. The predicted molar refractivity (Wildman–Crippen MR) is 95.7 cm³/mol. The molecule has 1 aromatic rings. The second kappa shape index (κ2) is 7.14. The van der Waals surface area contributed by atoms with Gasteiger partial charge >= 0.3 is 0 Å². The average molecular weight is 414 g/mol. The van der Waals surface area contributed by atoms with Gasteiger partial charge in [0.05, 0.1) is 5.02 Å². The number of halogens is 2. The van der Waals surface area contributed by atoms with Crippen LogP contribution in [0.4, 0.5) is 4.39 Å². The highest BCUT2D eigenvalue weighted by Crippen LogP contribution is 2.60. The van der Waals surface area contributed by atoms with Crippen molar-refractivity contribution in [2.24, 2.45) is 0 Å². The number of ether oxygens (including phenoxy) is 2. The Kier molecular flexibility index (Phi) is 4.95.